The van der Waals surface area contributed by atoms with Gasteiger partial charge in [-0.25, -0.2) is 10.4 Å². The summed E-state index contributed by atoms with van der Waals surface area (Å²) in [6, 6.07) is 7.89. The maximum Gasteiger partial charge on any atom is 0.253 e. The van der Waals surface area contributed by atoms with Crippen molar-refractivity contribution in [3.05, 3.63) is 24.3 Å². The lowest BCUT2D eigenvalue weighted by atomic mass is 9.89. The molecule has 2 unspecified atom stereocenters. The lowest BCUT2D eigenvalue weighted by Crippen LogP contribution is -2.31. The van der Waals surface area contributed by atoms with Crippen molar-refractivity contribution in [1.29, 1.82) is 0 Å². The molecule has 2 aromatic rings. The summed E-state index contributed by atoms with van der Waals surface area (Å²) in [5, 5.41) is 4.97. The van der Waals surface area contributed by atoms with Crippen LogP contribution in [0.1, 0.15) is 46.0 Å². The van der Waals surface area contributed by atoms with Crippen LogP contribution in [0.15, 0.2) is 34.5 Å². The molecule has 0 radical (unpaired) electrons. The Balaban J connectivity index is 1.64. The van der Waals surface area contributed by atoms with E-state index in [1.54, 1.807) is 0 Å². The number of rotatable bonds is 5. The van der Waals surface area contributed by atoms with Crippen LogP contribution in [0.4, 0.5) is 0 Å². The van der Waals surface area contributed by atoms with Gasteiger partial charge < -0.3 is 4.98 Å². The molecule has 0 bridgehead atoms. The number of H-pyrrole nitrogens is 1. The molecule has 0 spiro atoms. The summed E-state index contributed by atoms with van der Waals surface area (Å²) in [5.41, 5.74) is 5.81. The molecule has 3 rings (SSSR count). The number of hydrazone groups is 1. The second kappa shape index (κ2) is 7.83. The van der Waals surface area contributed by atoms with Crippen molar-refractivity contribution in [2.45, 2.75) is 56.4 Å². The number of nitrogens with zero attached hydrogens (tertiary/aromatic N) is 2. The first kappa shape index (κ1) is 17.0. The highest BCUT2D eigenvalue weighted by Crippen LogP contribution is 2.26. The average Bonchev–Trinajstić information content (AvgIpc) is 3.01. The van der Waals surface area contributed by atoms with E-state index >= 15 is 0 Å². The first-order chi connectivity index (χ1) is 11.7. The van der Waals surface area contributed by atoms with Gasteiger partial charge in [-0.15, -0.1) is 0 Å². The monoisotopic (exact) mass is 344 g/mol. The van der Waals surface area contributed by atoms with Crippen LogP contribution >= 0.6 is 11.8 Å². The summed E-state index contributed by atoms with van der Waals surface area (Å²) in [5.74, 6) is 0.426. The highest BCUT2D eigenvalue weighted by Gasteiger charge is 2.21. The molecule has 1 amide bonds. The van der Waals surface area contributed by atoms with E-state index < -0.39 is 0 Å². The molecule has 1 saturated carbocycles. The maximum absolute atomic E-state index is 12.5. The Hall–Kier alpha value is -1.82. The van der Waals surface area contributed by atoms with Crippen molar-refractivity contribution in [3.8, 4) is 0 Å². The third-order valence-corrected chi connectivity index (χ3v) is 5.73. The van der Waals surface area contributed by atoms with E-state index in [0.717, 1.165) is 34.7 Å². The largest absolute Gasteiger partial charge is 0.333 e. The van der Waals surface area contributed by atoms with Crippen LogP contribution in [0.25, 0.3) is 11.0 Å². The topological polar surface area (TPSA) is 70.1 Å². The minimum atomic E-state index is -0.200. The Morgan fingerprint density at radius 3 is 3.04 bits per heavy atom. The number of fused-ring (bicyclic) bond motifs is 1. The number of imidazole rings is 1. The number of carbonyl (C=O) groups is 1. The van der Waals surface area contributed by atoms with E-state index in [2.05, 4.69) is 27.4 Å². The third-order valence-electron chi connectivity index (χ3n) is 4.48. The molecule has 1 aromatic carbocycles. The molecule has 2 N–H and O–H groups in total. The molecule has 24 heavy (non-hydrogen) atoms. The Morgan fingerprint density at radius 1 is 1.46 bits per heavy atom. The average molecular weight is 344 g/mol. The van der Waals surface area contributed by atoms with Crippen molar-refractivity contribution in [2.75, 3.05) is 0 Å². The number of para-hydroxylation sites is 2. The number of carbonyl (C=O) groups excluding carboxylic acids is 1. The number of aromatic nitrogens is 2. The minimum Gasteiger partial charge on any atom is -0.333 e. The van der Waals surface area contributed by atoms with Crippen LogP contribution < -0.4 is 5.43 Å². The number of aromatic amines is 1. The molecule has 128 valence electrons. The fraction of sp³-hybridized carbons (Fsp3) is 0.500. The summed E-state index contributed by atoms with van der Waals surface area (Å²) in [6.45, 7) is 4.20. The molecule has 1 aliphatic carbocycles. The minimum absolute atomic E-state index is 0.0479. The van der Waals surface area contributed by atoms with Crippen LogP contribution in [0.3, 0.4) is 0 Å². The van der Waals surface area contributed by atoms with E-state index in [-0.39, 0.29) is 11.2 Å². The van der Waals surface area contributed by atoms with Crippen LogP contribution in [0, 0.1) is 5.92 Å². The summed E-state index contributed by atoms with van der Waals surface area (Å²) >= 11 is 1.46. The summed E-state index contributed by atoms with van der Waals surface area (Å²) in [4.78, 5) is 20.3. The van der Waals surface area contributed by atoms with Crippen molar-refractivity contribution in [1.82, 2.24) is 15.4 Å². The number of amides is 1. The number of benzene rings is 1. The van der Waals surface area contributed by atoms with Crippen LogP contribution in [0.2, 0.25) is 0 Å². The highest BCUT2D eigenvalue weighted by molar-refractivity contribution is 8.00. The molecule has 1 fully saturated rings. The standard InChI is InChI=1S/C18H24N4OS/c1-3-16(17(23)22-21-13-9-5-4-8-12(13)2)24-18-19-14-10-6-7-11-15(14)20-18/h6-7,10-12,16H,3-5,8-9H2,1-2H3,(H,19,20)(H,22,23)/b21-13-. The van der Waals surface area contributed by atoms with Gasteiger partial charge >= 0.3 is 0 Å². The Kier molecular flexibility index (Phi) is 5.56. The van der Waals surface area contributed by atoms with E-state index in [9.17, 15) is 4.79 Å². The van der Waals surface area contributed by atoms with Gasteiger partial charge in [0.1, 0.15) is 0 Å². The second-order valence-electron chi connectivity index (χ2n) is 6.30. The van der Waals surface area contributed by atoms with Crippen LogP contribution in [-0.4, -0.2) is 26.8 Å². The van der Waals surface area contributed by atoms with E-state index in [1.165, 1.54) is 31.0 Å². The van der Waals surface area contributed by atoms with E-state index in [4.69, 9.17) is 0 Å². The molecule has 2 atom stereocenters. The Morgan fingerprint density at radius 2 is 2.29 bits per heavy atom. The van der Waals surface area contributed by atoms with Gasteiger partial charge in [-0.1, -0.05) is 44.2 Å². The highest BCUT2D eigenvalue weighted by atomic mass is 32.2. The lowest BCUT2D eigenvalue weighted by molar-refractivity contribution is -0.120. The van der Waals surface area contributed by atoms with E-state index in [0.29, 0.717) is 5.92 Å². The zero-order chi connectivity index (χ0) is 16.9. The van der Waals surface area contributed by atoms with Gasteiger partial charge in [0.2, 0.25) is 0 Å². The normalized spacial score (nSPS) is 21.1. The van der Waals surface area contributed by atoms with Crippen molar-refractivity contribution in [2.24, 2.45) is 11.0 Å². The van der Waals surface area contributed by atoms with Gasteiger partial charge in [0.15, 0.2) is 5.16 Å². The summed E-state index contributed by atoms with van der Waals surface area (Å²) in [6.07, 6.45) is 5.32. The molecular weight excluding hydrogens is 320 g/mol. The summed E-state index contributed by atoms with van der Waals surface area (Å²) in [7, 11) is 0. The molecule has 0 aliphatic heterocycles. The van der Waals surface area contributed by atoms with Gasteiger partial charge in [0.05, 0.1) is 16.3 Å². The van der Waals surface area contributed by atoms with Crippen molar-refractivity contribution >= 4 is 34.4 Å². The molecule has 6 heteroatoms. The first-order valence-electron chi connectivity index (χ1n) is 8.65. The summed E-state index contributed by atoms with van der Waals surface area (Å²) < 4.78 is 0. The SMILES string of the molecule is CCC(Sc1nc2ccccc2[nH]1)C(=O)N/N=C1/CCCCC1C. The zero-order valence-electron chi connectivity index (χ0n) is 14.2. The fourth-order valence-electron chi connectivity index (χ4n) is 2.98. The van der Waals surface area contributed by atoms with Gasteiger partial charge in [-0.2, -0.15) is 5.10 Å². The predicted octanol–water partition coefficient (Wildman–Crippen LogP) is 4.12. The number of hydrogen-bond donors (Lipinski definition) is 2. The smallest absolute Gasteiger partial charge is 0.253 e. The van der Waals surface area contributed by atoms with Gasteiger partial charge in [0, 0.05) is 5.71 Å². The predicted molar refractivity (Wildman–Crippen MR) is 99.2 cm³/mol. The fourth-order valence-corrected chi connectivity index (χ4v) is 3.89. The van der Waals surface area contributed by atoms with Gasteiger partial charge in [-0.3, -0.25) is 4.79 Å². The van der Waals surface area contributed by atoms with Crippen molar-refractivity contribution < 1.29 is 4.79 Å². The first-order valence-corrected chi connectivity index (χ1v) is 9.53. The maximum atomic E-state index is 12.5. The Bertz CT molecular complexity index is 706. The molecule has 1 aromatic heterocycles. The second-order valence-corrected chi connectivity index (χ2v) is 7.49. The van der Waals surface area contributed by atoms with Gasteiger partial charge in [0.25, 0.3) is 5.91 Å². The molecular formula is C18H24N4OS. The Labute approximate surface area is 146 Å². The molecule has 5 nitrogen and oxygen atoms in total. The quantitative estimate of drug-likeness (QED) is 0.633. The number of thioether (sulfide) groups is 1. The molecule has 0 saturated heterocycles. The molecule has 1 aliphatic rings. The lowest BCUT2D eigenvalue weighted by Gasteiger charge is -2.20. The number of hydrogen-bond acceptors (Lipinski definition) is 4. The molecule has 1 heterocycles. The number of nitrogens with one attached hydrogen (secondary N) is 2. The third kappa shape index (κ3) is 3.98. The van der Waals surface area contributed by atoms with Crippen LogP contribution in [0.5, 0.6) is 0 Å². The van der Waals surface area contributed by atoms with Gasteiger partial charge in [-0.05, 0) is 43.7 Å². The zero-order valence-corrected chi connectivity index (χ0v) is 15.0. The van der Waals surface area contributed by atoms with E-state index in [1.807, 2.05) is 31.2 Å². The van der Waals surface area contributed by atoms with Crippen LogP contribution in [-0.2, 0) is 4.79 Å². The van der Waals surface area contributed by atoms with Crippen molar-refractivity contribution in [3.63, 3.8) is 0 Å².